The SMILES string of the molecule is COC(=O)[C@]1(C)N=C(C)N(C(=O)c2ccccc2)[C@@H]1C. The molecule has 0 spiro atoms. The number of hydrogen-bond acceptors (Lipinski definition) is 4. The van der Waals surface area contributed by atoms with E-state index in [0.717, 1.165) is 0 Å². The predicted octanol–water partition coefficient (Wildman–Crippen LogP) is 1.88. The predicted molar refractivity (Wildman–Crippen MR) is 75.6 cm³/mol. The quantitative estimate of drug-likeness (QED) is 0.774. The Morgan fingerprint density at radius 1 is 1.30 bits per heavy atom. The van der Waals surface area contributed by atoms with Crippen LogP contribution in [0.3, 0.4) is 0 Å². The maximum absolute atomic E-state index is 12.6. The molecule has 5 heteroatoms. The molecule has 1 amide bonds. The fraction of sp³-hybridized carbons (Fsp3) is 0.400. The zero-order chi connectivity index (χ0) is 14.9. The lowest BCUT2D eigenvalue weighted by Gasteiger charge is -2.29. The van der Waals surface area contributed by atoms with Gasteiger partial charge in [0.25, 0.3) is 5.91 Å². The van der Waals surface area contributed by atoms with Crippen LogP contribution in [0.15, 0.2) is 35.3 Å². The van der Waals surface area contributed by atoms with Crippen LogP contribution in [0.25, 0.3) is 0 Å². The van der Waals surface area contributed by atoms with Crippen molar-refractivity contribution in [1.29, 1.82) is 0 Å². The standard InChI is InChI=1S/C15H18N2O3/c1-10-15(3,14(19)20-4)16-11(2)17(10)13(18)12-8-6-5-7-9-12/h5-10H,1-4H3/t10-,15-/m1/s1. The van der Waals surface area contributed by atoms with Crippen molar-refractivity contribution in [1.82, 2.24) is 4.90 Å². The van der Waals surface area contributed by atoms with E-state index in [-0.39, 0.29) is 11.9 Å². The monoisotopic (exact) mass is 274 g/mol. The van der Waals surface area contributed by atoms with E-state index in [4.69, 9.17) is 4.74 Å². The van der Waals surface area contributed by atoms with Gasteiger partial charge in [-0.25, -0.2) is 4.79 Å². The maximum atomic E-state index is 12.6. The molecule has 1 aliphatic heterocycles. The van der Waals surface area contributed by atoms with Gasteiger partial charge in [-0.1, -0.05) is 18.2 Å². The van der Waals surface area contributed by atoms with E-state index >= 15 is 0 Å². The topological polar surface area (TPSA) is 59.0 Å². The Morgan fingerprint density at radius 3 is 2.45 bits per heavy atom. The molecule has 0 saturated carbocycles. The molecule has 2 rings (SSSR count). The molecule has 2 atom stereocenters. The average Bonchev–Trinajstić information content (AvgIpc) is 2.69. The molecule has 0 aromatic heterocycles. The number of ether oxygens (including phenoxy) is 1. The number of rotatable bonds is 2. The minimum Gasteiger partial charge on any atom is -0.467 e. The molecule has 106 valence electrons. The summed E-state index contributed by atoms with van der Waals surface area (Å²) in [5.41, 5.74) is -0.480. The van der Waals surface area contributed by atoms with E-state index in [0.29, 0.717) is 11.4 Å². The molecule has 5 nitrogen and oxygen atoms in total. The molecule has 1 heterocycles. The number of carbonyl (C=O) groups is 2. The van der Waals surface area contributed by atoms with Crippen LogP contribution < -0.4 is 0 Å². The third-order valence-electron chi connectivity index (χ3n) is 3.78. The van der Waals surface area contributed by atoms with Gasteiger partial charge in [-0.15, -0.1) is 0 Å². The first kappa shape index (κ1) is 14.2. The van der Waals surface area contributed by atoms with Crippen LogP contribution in [0.4, 0.5) is 0 Å². The van der Waals surface area contributed by atoms with E-state index in [9.17, 15) is 9.59 Å². The van der Waals surface area contributed by atoms with E-state index in [1.807, 2.05) is 6.07 Å². The summed E-state index contributed by atoms with van der Waals surface area (Å²) in [7, 11) is 1.33. The minimum atomic E-state index is -1.05. The first-order valence-corrected chi connectivity index (χ1v) is 6.45. The highest BCUT2D eigenvalue weighted by atomic mass is 16.5. The summed E-state index contributed by atoms with van der Waals surface area (Å²) in [6.45, 7) is 5.22. The zero-order valence-electron chi connectivity index (χ0n) is 12.1. The fourth-order valence-electron chi connectivity index (χ4n) is 2.48. The van der Waals surface area contributed by atoms with E-state index < -0.39 is 11.5 Å². The van der Waals surface area contributed by atoms with Crippen molar-refractivity contribution in [2.75, 3.05) is 7.11 Å². The second-order valence-electron chi connectivity index (χ2n) is 5.02. The molecule has 0 bridgehead atoms. The van der Waals surface area contributed by atoms with Gasteiger partial charge in [-0.2, -0.15) is 0 Å². The number of amides is 1. The minimum absolute atomic E-state index is 0.160. The number of carbonyl (C=O) groups excluding carboxylic acids is 2. The van der Waals surface area contributed by atoms with Gasteiger partial charge in [0.05, 0.1) is 13.2 Å². The zero-order valence-corrected chi connectivity index (χ0v) is 12.1. The molecule has 0 fully saturated rings. The molecule has 0 N–H and O–H groups in total. The molecular weight excluding hydrogens is 256 g/mol. The van der Waals surface area contributed by atoms with E-state index in [1.165, 1.54) is 7.11 Å². The summed E-state index contributed by atoms with van der Waals surface area (Å²) < 4.78 is 4.81. The number of methoxy groups -OCH3 is 1. The number of nitrogens with zero attached hydrogens (tertiary/aromatic N) is 2. The van der Waals surface area contributed by atoms with Crippen molar-refractivity contribution >= 4 is 17.7 Å². The lowest BCUT2D eigenvalue weighted by atomic mass is 9.94. The lowest BCUT2D eigenvalue weighted by molar-refractivity contribution is -0.147. The number of hydrogen-bond donors (Lipinski definition) is 0. The largest absolute Gasteiger partial charge is 0.467 e. The lowest BCUT2D eigenvalue weighted by Crippen LogP contribution is -2.50. The average molecular weight is 274 g/mol. The second kappa shape index (κ2) is 5.07. The Morgan fingerprint density at radius 2 is 1.90 bits per heavy atom. The van der Waals surface area contributed by atoms with Crippen molar-refractivity contribution in [3.05, 3.63) is 35.9 Å². The number of esters is 1. The van der Waals surface area contributed by atoms with Gasteiger partial charge in [-0.3, -0.25) is 14.7 Å². The van der Waals surface area contributed by atoms with E-state index in [2.05, 4.69) is 4.99 Å². The molecule has 0 aliphatic carbocycles. The molecule has 1 aromatic carbocycles. The number of aliphatic imine (C=N–C) groups is 1. The van der Waals surface area contributed by atoms with Crippen LogP contribution in [-0.2, 0) is 9.53 Å². The Bertz CT molecular complexity index is 568. The molecule has 1 aromatic rings. The summed E-state index contributed by atoms with van der Waals surface area (Å²) in [5.74, 6) is -0.0704. The molecule has 20 heavy (non-hydrogen) atoms. The van der Waals surface area contributed by atoms with Crippen LogP contribution >= 0.6 is 0 Å². The molecule has 0 radical (unpaired) electrons. The van der Waals surface area contributed by atoms with Gasteiger partial charge in [-0.05, 0) is 32.9 Å². The van der Waals surface area contributed by atoms with Crippen molar-refractivity contribution < 1.29 is 14.3 Å². The normalized spacial score (nSPS) is 25.3. The maximum Gasteiger partial charge on any atom is 0.335 e. The van der Waals surface area contributed by atoms with Gasteiger partial charge in [0, 0.05) is 5.56 Å². The molecule has 0 unspecified atom stereocenters. The molecule has 0 saturated heterocycles. The second-order valence-corrected chi connectivity index (χ2v) is 5.02. The Labute approximate surface area is 118 Å². The highest BCUT2D eigenvalue weighted by Crippen LogP contribution is 2.30. The van der Waals surface area contributed by atoms with Gasteiger partial charge < -0.3 is 4.74 Å². The summed E-state index contributed by atoms with van der Waals surface area (Å²) in [5, 5.41) is 0. The van der Waals surface area contributed by atoms with Crippen molar-refractivity contribution in [3.8, 4) is 0 Å². The van der Waals surface area contributed by atoms with Crippen molar-refractivity contribution in [2.24, 2.45) is 4.99 Å². The highest BCUT2D eigenvalue weighted by molar-refractivity contribution is 6.08. The highest BCUT2D eigenvalue weighted by Gasteiger charge is 2.50. The Kier molecular flexibility index (Phi) is 3.61. The van der Waals surface area contributed by atoms with Gasteiger partial charge in [0.15, 0.2) is 5.54 Å². The summed E-state index contributed by atoms with van der Waals surface area (Å²) >= 11 is 0. The van der Waals surface area contributed by atoms with Crippen LogP contribution in [0, 0.1) is 0 Å². The van der Waals surface area contributed by atoms with E-state index in [1.54, 1.807) is 49.9 Å². The van der Waals surface area contributed by atoms with Gasteiger partial charge in [0.2, 0.25) is 0 Å². The Balaban J connectivity index is 2.34. The van der Waals surface area contributed by atoms with Crippen LogP contribution in [0.5, 0.6) is 0 Å². The summed E-state index contributed by atoms with van der Waals surface area (Å²) in [6, 6.07) is 8.57. The molecule has 1 aliphatic rings. The van der Waals surface area contributed by atoms with Gasteiger partial charge in [0.1, 0.15) is 5.84 Å². The third-order valence-corrected chi connectivity index (χ3v) is 3.78. The van der Waals surface area contributed by atoms with Crippen LogP contribution in [-0.4, -0.2) is 41.3 Å². The number of benzene rings is 1. The first-order chi connectivity index (χ1) is 9.41. The fourth-order valence-corrected chi connectivity index (χ4v) is 2.48. The van der Waals surface area contributed by atoms with Crippen LogP contribution in [0.1, 0.15) is 31.1 Å². The van der Waals surface area contributed by atoms with Crippen LogP contribution in [0.2, 0.25) is 0 Å². The molecular formula is C15H18N2O3. The third kappa shape index (κ3) is 2.09. The summed E-state index contributed by atoms with van der Waals surface area (Å²) in [6.07, 6.45) is 0. The summed E-state index contributed by atoms with van der Waals surface area (Å²) in [4.78, 5) is 30.4. The van der Waals surface area contributed by atoms with Crippen molar-refractivity contribution in [3.63, 3.8) is 0 Å². The number of amidine groups is 1. The smallest absolute Gasteiger partial charge is 0.335 e. The van der Waals surface area contributed by atoms with Gasteiger partial charge >= 0.3 is 5.97 Å². The first-order valence-electron chi connectivity index (χ1n) is 6.45. The Hall–Kier alpha value is -2.17. The van der Waals surface area contributed by atoms with Crippen molar-refractivity contribution in [2.45, 2.75) is 32.4 Å².